The van der Waals surface area contributed by atoms with Crippen molar-refractivity contribution in [2.24, 2.45) is 11.7 Å². The van der Waals surface area contributed by atoms with Crippen LogP contribution in [0.3, 0.4) is 0 Å². The van der Waals surface area contributed by atoms with Gasteiger partial charge in [0.1, 0.15) is 0 Å². The molecule has 1 aliphatic carbocycles. The molecule has 0 aromatic heterocycles. The summed E-state index contributed by atoms with van der Waals surface area (Å²) in [4.78, 5) is 11.8. The first-order chi connectivity index (χ1) is 7.96. The molecule has 1 aliphatic rings. The summed E-state index contributed by atoms with van der Waals surface area (Å²) in [6, 6.07) is 0. The van der Waals surface area contributed by atoms with E-state index in [1.54, 1.807) is 0 Å². The Bertz CT molecular complexity index is 455. The van der Waals surface area contributed by atoms with Crippen LogP contribution in [0.25, 0.3) is 0 Å². The minimum atomic E-state index is -1.91. The number of amides is 1. The summed E-state index contributed by atoms with van der Waals surface area (Å²) in [6.45, 7) is 17.4. The second-order valence-electron chi connectivity index (χ2n) is 6.68. The number of carbonyl (C=O) groups is 1. The topological polar surface area (TPSA) is 43.1 Å². The minimum absolute atomic E-state index is 0.172. The van der Waals surface area contributed by atoms with Crippen LogP contribution in [0.2, 0.25) is 18.1 Å². The summed E-state index contributed by atoms with van der Waals surface area (Å²) in [6.07, 6.45) is 0. The number of nitrogens with two attached hydrogens (primary N) is 1. The lowest BCUT2D eigenvalue weighted by Gasteiger charge is -2.41. The molecular weight excluding hydrogens is 238 g/mol. The Kier molecular flexibility index (Phi) is 3.70. The standard InChI is InChI=1S/C15H27NOSi/c1-9-10(2)12(4)13(11(9)3)18(7,8)15(5,6)14(16)17/h11H,1-8H3,(H2,16,17). The molecular formula is C15H27NOSi. The number of carbonyl (C=O) groups excluding carboxylic acids is 1. The monoisotopic (exact) mass is 265 g/mol. The Balaban J connectivity index is 3.37. The van der Waals surface area contributed by atoms with Gasteiger partial charge in [-0.25, -0.2) is 0 Å². The second-order valence-corrected chi connectivity index (χ2v) is 11.7. The summed E-state index contributed by atoms with van der Waals surface area (Å²) >= 11 is 0. The fourth-order valence-electron chi connectivity index (χ4n) is 3.02. The van der Waals surface area contributed by atoms with Gasteiger partial charge in [0, 0.05) is 5.04 Å². The fourth-order valence-corrected chi connectivity index (χ4v) is 6.73. The normalized spacial score (nSPS) is 21.9. The Labute approximate surface area is 112 Å². The number of rotatable bonds is 3. The molecule has 0 spiro atoms. The van der Waals surface area contributed by atoms with Crippen molar-refractivity contribution in [3.05, 3.63) is 21.9 Å². The van der Waals surface area contributed by atoms with Gasteiger partial charge in [-0.1, -0.05) is 50.2 Å². The molecule has 1 amide bonds. The Morgan fingerprint density at radius 3 is 1.89 bits per heavy atom. The van der Waals surface area contributed by atoms with Crippen LogP contribution in [0.15, 0.2) is 21.9 Å². The highest BCUT2D eigenvalue weighted by Gasteiger charge is 2.49. The van der Waals surface area contributed by atoms with Crippen LogP contribution >= 0.6 is 0 Å². The molecule has 1 unspecified atom stereocenters. The first-order valence-corrected chi connectivity index (χ1v) is 9.65. The predicted molar refractivity (Wildman–Crippen MR) is 81.0 cm³/mol. The van der Waals surface area contributed by atoms with Gasteiger partial charge in [0.05, 0.1) is 8.07 Å². The SMILES string of the molecule is CC1=C(C)C(C)C([Si](C)(C)C(C)(C)C(N)=O)=C1C. The lowest BCUT2D eigenvalue weighted by Crippen LogP contribution is -2.50. The molecule has 0 heterocycles. The van der Waals surface area contributed by atoms with Crippen LogP contribution in [0.5, 0.6) is 0 Å². The van der Waals surface area contributed by atoms with Crippen molar-refractivity contribution >= 4 is 14.0 Å². The van der Waals surface area contributed by atoms with Crippen molar-refractivity contribution in [2.75, 3.05) is 0 Å². The summed E-state index contributed by atoms with van der Waals surface area (Å²) in [5, 5.41) is 1.09. The number of hydrogen-bond donors (Lipinski definition) is 1. The Morgan fingerprint density at radius 1 is 1.17 bits per heavy atom. The molecule has 18 heavy (non-hydrogen) atoms. The number of allylic oxidation sites excluding steroid dienone is 4. The Hall–Kier alpha value is -0.833. The van der Waals surface area contributed by atoms with Crippen molar-refractivity contribution in [3.8, 4) is 0 Å². The molecule has 3 heteroatoms. The fraction of sp³-hybridized carbons (Fsp3) is 0.667. The average Bonchev–Trinajstić information content (AvgIpc) is 2.43. The summed E-state index contributed by atoms with van der Waals surface area (Å²) in [5.41, 5.74) is 9.89. The molecule has 0 aliphatic heterocycles. The maximum absolute atomic E-state index is 11.8. The second kappa shape index (κ2) is 4.37. The average molecular weight is 265 g/mol. The van der Waals surface area contributed by atoms with Crippen LogP contribution in [0, 0.1) is 5.92 Å². The quantitative estimate of drug-likeness (QED) is 0.775. The van der Waals surface area contributed by atoms with Gasteiger partial charge in [-0.2, -0.15) is 0 Å². The van der Waals surface area contributed by atoms with Crippen molar-refractivity contribution in [1.82, 2.24) is 0 Å². The maximum atomic E-state index is 11.8. The Morgan fingerprint density at radius 2 is 1.61 bits per heavy atom. The molecule has 0 radical (unpaired) electrons. The highest BCUT2D eigenvalue weighted by Crippen LogP contribution is 2.49. The highest BCUT2D eigenvalue weighted by molar-refractivity contribution is 6.89. The summed E-state index contributed by atoms with van der Waals surface area (Å²) < 4.78 is 0. The van der Waals surface area contributed by atoms with Gasteiger partial charge >= 0.3 is 0 Å². The molecule has 2 nitrogen and oxygen atoms in total. The smallest absolute Gasteiger partial charge is 0.220 e. The molecule has 0 aromatic rings. The third-order valence-electron chi connectivity index (χ3n) is 5.49. The lowest BCUT2D eigenvalue weighted by atomic mass is 10.1. The van der Waals surface area contributed by atoms with E-state index in [0.717, 1.165) is 0 Å². The van der Waals surface area contributed by atoms with Gasteiger partial charge in [0.15, 0.2) is 0 Å². The van der Waals surface area contributed by atoms with Crippen molar-refractivity contribution in [2.45, 2.75) is 59.7 Å². The van der Waals surface area contributed by atoms with E-state index in [9.17, 15) is 4.79 Å². The van der Waals surface area contributed by atoms with E-state index in [2.05, 4.69) is 40.8 Å². The first kappa shape index (κ1) is 15.2. The molecule has 0 fully saturated rings. The van der Waals surface area contributed by atoms with E-state index in [0.29, 0.717) is 5.92 Å². The predicted octanol–water partition coefficient (Wildman–Crippen LogP) is 3.80. The minimum Gasteiger partial charge on any atom is -0.369 e. The van der Waals surface area contributed by atoms with E-state index in [1.807, 2.05) is 13.8 Å². The van der Waals surface area contributed by atoms with Crippen LogP contribution < -0.4 is 5.73 Å². The van der Waals surface area contributed by atoms with E-state index < -0.39 is 13.1 Å². The third-order valence-corrected chi connectivity index (χ3v) is 11.0. The maximum Gasteiger partial charge on any atom is 0.220 e. The number of primary amides is 1. The van der Waals surface area contributed by atoms with Crippen molar-refractivity contribution in [1.29, 1.82) is 0 Å². The van der Waals surface area contributed by atoms with E-state index in [-0.39, 0.29) is 5.91 Å². The van der Waals surface area contributed by atoms with E-state index in [4.69, 9.17) is 5.73 Å². The van der Waals surface area contributed by atoms with Crippen molar-refractivity contribution < 1.29 is 4.79 Å². The molecule has 1 atom stereocenters. The first-order valence-electron chi connectivity index (χ1n) is 6.65. The zero-order valence-electron chi connectivity index (χ0n) is 13.1. The van der Waals surface area contributed by atoms with Crippen LogP contribution in [-0.4, -0.2) is 14.0 Å². The van der Waals surface area contributed by atoms with Gasteiger partial charge in [-0.05, 0) is 32.3 Å². The van der Waals surface area contributed by atoms with Gasteiger partial charge in [0.25, 0.3) is 0 Å². The molecule has 0 bridgehead atoms. The van der Waals surface area contributed by atoms with Gasteiger partial charge < -0.3 is 5.73 Å². The van der Waals surface area contributed by atoms with Crippen molar-refractivity contribution in [3.63, 3.8) is 0 Å². The van der Waals surface area contributed by atoms with E-state index >= 15 is 0 Å². The summed E-state index contributed by atoms with van der Waals surface area (Å²) in [7, 11) is -1.91. The summed E-state index contributed by atoms with van der Waals surface area (Å²) in [5.74, 6) is 0.291. The molecule has 0 saturated carbocycles. The van der Waals surface area contributed by atoms with Crippen LogP contribution in [0.4, 0.5) is 0 Å². The van der Waals surface area contributed by atoms with E-state index in [1.165, 1.54) is 21.9 Å². The lowest BCUT2D eigenvalue weighted by molar-refractivity contribution is -0.120. The van der Waals surface area contributed by atoms with Gasteiger partial charge in [-0.15, -0.1) is 0 Å². The number of hydrogen-bond acceptors (Lipinski definition) is 1. The van der Waals surface area contributed by atoms with Crippen LogP contribution in [0.1, 0.15) is 41.5 Å². The van der Waals surface area contributed by atoms with Gasteiger partial charge in [-0.3, -0.25) is 4.79 Å². The molecule has 0 aromatic carbocycles. The van der Waals surface area contributed by atoms with Crippen LogP contribution in [-0.2, 0) is 4.79 Å². The molecule has 102 valence electrons. The zero-order chi connectivity index (χ0) is 14.5. The zero-order valence-corrected chi connectivity index (χ0v) is 14.1. The largest absolute Gasteiger partial charge is 0.369 e. The highest BCUT2D eigenvalue weighted by atomic mass is 28.3. The molecule has 0 saturated heterocycles. The third kappa shape index (κ3) is 1.89. The molecule has 1 rings (SSSR count). The molecule has 2 N–H and O–H groups in total. The van der Waals surface area contributed by atoms with Gasteiger partial charge in [0.2, 0.25) is 5.91 Å².